The van der Waals surface area contributed by atoms with Crippen LogP contribution >= 0.6 is 0 Å². The number of hydrogen-bond acceptors (Lipinski definition) is 10. The SMILES string of the molecule is CNC(=O)c1cnc2ccc(-c3cnn(CCCCCCCC(=O)COc4cccc5c4C(=O)N(C4CCC(=O)NC4=O)C5=O)c3)cc2c1Nc1ccccc1. The highest BCUT2D eigenvalue weighted by atomic mass is 16.5. The highest BCUT2D eigenvalue weighted by Gasteiger charge is 2.46. The molecule has 0 radical (unpaired) electrons. The molecular weight excluding hydrogens is 715 g/mol. The Kier molecular flexibility index (Phi) is 11.3. The Morgan fingerprint density at radius 1 is 0.893 bits per heavy atom. The maximum Gasteiger partial charge on any atom is 0.266 e. The van der Waals surface area contributed by atoms with Crippen LogP contribution in [0.5, 0.6) is 5.75 Å². The summed E-state index contributed by atoms with van der Waals surface area (Å²) in [6, 6.07) is 19.1. The smallest absolute Gasteiger partial charge is 0.266 e. The van der Waals surface area contributed by atoms with Crippen molar-refractivity contribution in [1.29, 1.82) is 0 Å². The fraction of sp³-hybridized carbons (Fsp3) is 0.286. The lowest BCUT2D eigenvalue weighted by molar-refractivity contribution is -0.136. The van der Waals surface area contributed by atoms with Crippen molar-refractivity contribution in [2.24, 2.45) is 0 Å². The Hall–Kier alpha value is -6.70. The van der Waals surface area contributed by atoms with Gasteiger partial charge in [-0.1, -0.05) is 49.6 Å². The molecule has 1 atom stereocenters. The van der Waals surface area contributed by atoms with Gasteiger partial charge in [0, 0.05) is 55.5 Å². The van der Waals surface area contributed by atoms with Crippen LogP contribution in [0, 0.1) is 0 Å². The maximum absolute atomic E-state index is 13.3. The molecule has 3 aromatic carbocycles. The van der Waals surface area contributed by atoms with Crippen molar-refractivity contribution < 1.29 is 33.5 Å². The standard InChI is InChI=1S/C42H41N7O7/c1-43-39(52)32-23-44-33-17-16-26(21-31(33)38(32)46-28-11-6-5-7-12-28)27-22-45-48(24-27)20-9-4-2-3-8-13-29(50)25-56-35-15-10-14-30-37(35)42(55)49(41(30)54)34-18-19-36(51)47-40(34)53/h5-7,10-12,14-17,21-24,34H,2-4,8-9,13,18-20,25H2,1H3,(H,43,52)(H,44,46)(H,47,51,53). The summed E-state index contributed by atoms with van der Waals surface area (Å²) in [5, 5.41) is 13.7. The van der Waals surface area contributed by atoms with Gasteiger partial charge in [-0.25, -0.2) is 0 Å². The van der Waals surface area contributed by atoms with Crippen molar-refractivity contribution in [3.05, 3.63) is 102 Å². The van der Waals surface area contributed by atoms with Crippen LogP contribution in [0.3, 0.4) is 0 Å². The third-order valence-electron chi connectivity index (χ3n) is 10.0. The summed E-state index contributed by atoms with van der Waals surface area (Å²) in [6.45, 7) is 0.499. The van der Waals surface area contributed by atoms with E-state index in [-0.39, 0.29) is 48.0 Å². The first-order chi connectivity index (χ1) is 27.2. The zero-order valence-corrected chi connectivity index (χ0v) is 30.9. The molecule has 0 aliphatic carbocycles. The second kappa shape index (κ2) is 16.8. The van der Waals surface area contributed by atoms with Gasteiger partial charge in [0.25, 0.3) is 17.7 Å². The number of para-hydroxylation sites is 1. The monoisotopic (exact) mass is 755 g/mol. The van der Waals surface area contributed by atoms with Crippen LogP contribution in [0.15, 0.2) is 85.3 Å². The number of Topliss-reactive ketones (excluding diaryl/α,β-unsaturated/α-hetero) is 1. The van der Waals surface area contributed by atoms with E-state index in [4.69, 9.17) is 4.74 Å². The minimum absolute atomic E-state index is 0.0237. The molecule has 7 rings (SSSR count). The first kappa shape index (κ1) is 37.6. The molecule has 3 N–H and O–H groups in total. The lowest BCUT2D eigenvalue weighted by atomic mass is 10.0. The Bertz CT molecular complexity index is 2340. The predicted molar refractivity (Wildman–Crippen MR) is 207 cm³/mol. The molecule has 0 bridgehead atoms. The minimum atomic E-state index is -1.08. The van der Waals surface area contributed by atoms with Gasteiger partial charge < -0.3 is 15.4 Å². The van der Waals surface area contributed by atoms with Gasteiger partial charge in [0.05, 0.1) is 34.1 Å². The average molecular weight is 756 g/mol. The first-order valence-corrected chi connectivity index (χ1v) is 18.7. The average Bonchev–Trinajstić information content (AvgIpc) is 3.78. The van der Waals surface area contributed by atoms with Gasteiger partial charge in [0.15, 0.2) is 5.78 Å². The number of anilines is 2. The molecule has 14 heteroatoms. The molecule has 56 heavy (non-hydrogen) atoms. The Morgan fingerprint density at radius 3 is 2.50 bits per heavy atom. The molecule has 1 fully saturated rings. The van der Waals surface area contributed by atoms with Crippen LogP contribution in [0.4, 0.5) is 11.4 Å². The summed E-state index contributed by atoms with van der Waals surface area (Å²) >= 11 is 0. The first-order valence-electron chi connectivity index (χ1n) is 18.7. The van der Waals surface area contributed by atoms with Crippen molar-refractivity contribution in [3.8, 4) is 16.9 Å². The number of ketones is 1. The van der Waals surface area contributed by atoms with E-state index in [2.05, 4.69) is 26.0 Å². The molecule has 2 aliphatic heterocycles. The summed E-state index contributed by atoms with van der Waals surface area (Å²) in [5.74, 6) is -2.68. The van der Waals surface area contributed by atoms with E-state index in [9.17, 15) is 28.8 Å². The molecule has 14 nitrogen and oxygen atoms in total. The summed E-state index contributed by atoms with van der Waals surface area (Å²) in [4.78, 5) is 81.1. The number of fused-ring (bicyclic) bond motifs is 2. The normalized spacial score (nSPS) is 15.2. The Morgan fingerprint density at radius 2 is 1.70 bits per heavy atom. The number of nitrogens with zero attached hydrogens (tertiary/aromatic N) is 4. The molecule has 2 aliphatic rings. The number of aryl methyl sites for hydroxylation is 1. The molecule has 286 valence electrons. The fourth-order valence-electron chi connectivity index (χ4n) is 7.08. The van der Waals surface area contributed by atoms with E-state index in [1.807, 2.05) is 65.6 Å². The van der Waals surface area contributed by atoms with Gasteiger partial charge in [-0.15, -0.1) is 0 Å². The van der Waals surface area contributed by atoms with Gasteiger partial charge in [-0.3, -0.25) is 48.6 Å². The van der Waals surface area contributed by atoms with Crippen molar-refractivity contribution in [3.63, 3.8) is 0 Å². The van der Waals surface area contributed by atoms with Crippen molar-refractivity contribution in [2.75, 3.05) is 19.0 Å². The molecule has 5 aromatic rings. The predicted octanol–water partition coefficient (Wildman–Crippen LogP) is 5.59. The van der Waals surface area contributed by atoms with Crippen LogP contribution in [0.25, 0.3) is 22.0 Å². The number of nitrogens with one attached hydrogen (secondary N) is 3. The zero-order valence-electron chi connectivity index (χ0n) is 30.9. The number of unbranched alkanes of at least 4 members (excludes halogenated alkanes) is 4. The summed E-state index contributed by atoms with van der Waals surface area (Å²) < 4.78 is 7.64. The second-order valence-electron chi connectivity index (χ2n) is 13.8. The number of hydrogen-bond donors (Lipinski definition) is 3. The summed E-state index contributed by atoms with van der Waals surface area (Å²) in [5.41, 5.74) is 4.77. The van der Waals surface area contributed by atoms with Crippen LogP contribution in [0.1, 0.15) is 82.4 Å². The van der Waals surface area contributed by atoms with Gasteiger partial charge >= 0.3 is 0 Å². The lowest BCUT2D eigenvalue weighted by Gasteiger charge is -2.27. The third-order valence-corrected chi connectivity index (χ3v) is 10.0. The van der Waals surface area contributed by atoms with Crippen molar-refractivity contribution in [1.82, 2.24) is 30.3 Å². The number of benzene rings is 3. The molecular formula is C42H41N7O7. The number of piperidine rings is 1. The molecule has 4 heterocycles. The van der Waals surface area contributed by atoms with E-state index in [1.165, 1.54) is 12.1 Å². The Balaban J connectivity index is 0.867. The van der Waals surface area contributed by atoms with Crippen LogP contribution in [0.2, 0.25) is 0 Å². The number of carbonyl (C=O) groups excluding carboxylic acids is 6. The molecule has 1 unspecified atom stereocenters. The zero-order chi connectivity index (χ0) is 39.2. The van der Waals surface area contributed by atoms with Crippen molar-refractivity contribution >= 4 is 57.6 Å². The summed E-state index contributed by atoms with van der Waals surface area (Å²) in [7, 11) is 1.60. The van der Waals surface area contributed by atoms with Crippen LogP contribution in [-0.4, -0.2) is 74.7 Å². The summed E-state index contributed by atoms with van der Waals surface area (Å²) in [6.07, 6.45) is 10.2. The van der Waals surface area contributed by atoms with E-state index in [0.717, 1.165) is 64.8 Å². The van der Waals surface area contributed by atoms with Crippen LogP contribution in [-0.2, 0) is 20.9 Å². The maximum atomic E-state index is 13.3. The third kappa shape index (κ3) is 8.04. The van der Waals surface area contributed by atoms with E-state index in [1.54, 1.807) is 19.3 Å². The minimum Gasteiger partial charge on any atom is -0.485 e. The molecule has 2 aromatic heterocycles. The Labute approximate surface area is 322 Å². The fourth-order valence-corrected chi connectivity index (χ4v) is 7.08. The number of imide groups is 2. The topological polar surface area (TPSA) is 182 Å². The van der Waals surface area contributed by atoms with E-state index < -0.39 is 29.7 Å². The number of aromatic nitrogens is 3. The van der Waals surface area contributed by atoms with Gasteiger partial charge in [-0.2, -0.15) is 5.10 Å². The number of carbonyl (C=O) groups is 6. The van der Waals surface area contributed by atoms with E-state index >= 15 is 0 Å². The van der Waals surface area contributed by atoms with Gasteiger partial charge in [-0.05, 0) is 61.2 Å². The highest BCUT2D eigenvalue weighted by Crippen LogP contribution is 2.35. The number of rotatable bonds is 16. The van der Waals surface area contributed by atoms with E-state index in [0.29, 0.717) is 24.1 Å². The second-order valence-corrected chi connectivity index (χ2v) is 13.8. The highest BCUT2D eigenvalue weighted by molar-refractivity contribution is 6.24. The molecule has 0 spiro atoms. The van der Waals surface area contributed by atoms with Crippen molar-refractivity contribution in [2.45, 2.75) is 64.0 Å². The number of pyridine rings is 1. The number of amides is 5. The molecule has 5 amide bonds. The number of ether oxygens (including phenoxy) is 1. The lowest BCUT2D eigenvalue weighted by Crippen LogP contribution is -2.54. The van der Waals surface area contributed by atoms with Gasteiger partial charge in [0.2, 0.25) is 11.8 Å². The molecule has 0 saturated carbocycles. The molecule has 1 saturated heterocycles. The quantitative estimate of drug-likeness (QED) is 0.0848. The largest absolute Gasteiger partial charge is 0.485 e. The van der Waals surface area contributed by atoms with Gasteiger partial charge in [0.1, 0.15) is 18.4 Å². The van der Waals surface area contributed by atoms with Crippen LogP contribution < -0.4 is 20.7 Å².